The van der Waals surface area contributed by atoms with Crippen molar-refractivity contribution in [3.8, 4) is 11.4 Å². The molecule has 1 saturated carbocycles. The molecule has 7 nitrogen and oxygen atoms in total. The van der Waals surface area contributed by atoms with Crippen molar-refractivity contribution in [2.24, 2.45) is 11.1 Å². The fourth-order valence-electron chi connectivity index (χ4n) is 3.69. The van der Waals surface area contributed by atoms with Crippen LogP contribution in [-0.2, 0) is 4.79 Å². The van der Waals surface area contributed by atoms with E-state index in [9.17, 15) is 4.79 Å². The molecular formula is C19H28N6O. The van der Waals surface area contributed by atoms with Crippen LogP contribution in [0.4, 0.5) is 5.95 Å². The molecule has 2 aromatic heterocycles. The molecule has 0 spiro atoms. The number of carbonyl (C=O) groups excluding carboxylic acids is 1. The Hall–Kier alpha value is -2.44. The number of hydrogen-bond donors (Lipinski definition) is 2. The zero-order valence-electron chi connectivity index (χ0n) is 16.0. The van der Waals surface area contributed by atoms with E-state index >= 15 is 0 Å². The molecular weight excluding hydrogens is 328 g/mol. The Kier molecular flexibility index (Phi) is 4.98. The lowest BCUT2D eigenvalue weighted by molar-refractivity contribution is -0.128. The van der Waals surface area contributed by atoms with Crippen LogP contribution >= 0.6 is 0 Å². The van der Waals surface area contributed by atoms with Gasteiger partial charge < -0.3 is 15.6 Å². The highest BCUT2D eigenvalue weighted by molar-refractivity contribution is 5.80. The summed E-state index contributed by atoms with van der Waals surface area (Å²) in [6.07, 6.45) is 6.98. The van der Waals surface area contributed by atoms with Crippen molar-refractivity contribution in [3.05, 3.63) is 24.3 Å². The quantitative estimate of drug-likeness (QED) is 0.858. The van der Waals surface area contributed by atoms with E-state index in [2.05, 4.69) is 33.7 Å². The van der Waals surface area contributed by atoms with Gasteiger partial charge in [0.05, 0.1) is 17.6 Å². The molecule has 1 aliphatic rings. The molecule has 0 radical (unpaired) electrons. The predicted octanol–water partition coefficient (Wildman–Crippen LogP) is 3.08. The number of amides is 1. The fraction of sp³-hybridized carbons (Fsp3) is 0.579. The Bertz CT molecular complexity index is 789. The van der Waals surface area contributed by atoms with Crippen LogP contribution in [0.5, 0.6) is 0 Å². The van der Waals surface area contributed by atoms with E-state index in [1.54, 1.807) is 6.20 Å². The maximum atomic E-state index is 11.6. The highest BCUT2D eigenvalue weighted by atomic mass is 16.1. The minimum atomic E-state index is -0.387. The molecule has 26 heavy (non-hydrogen) atoms. The van der Waals surface area contributed by atoms with E-state index in [0.29, 0.717) is 12.0 Å². The molecule has 3 rings (SSSR count). The van der Waals surface area contributed by atoms with Crippen LogP contribution in [0.2, 0.25) is 0 Å². The van der Waals surface area contributed by atoms with Crippen molar-refractivity contribution in [2.45, 2.75) is 65.5 Å². The zero-order chi connectivity index (χ0) is 18.9. The SMILES string of the molecule is Cc1ncc(-c2ccnc(NC3CCC(C)(C(N)=O)CC3)n2)n1C(C)C. The number of aryl methyl sites for hydroxylation is 1. The van der Waals surface area contributed by atoms with Gasteiger partial charge in [-0.1, -0.05) is 6.92 Å². The van der Waals surface area contributed by atoms with Crippen molar-refractivity contribution in [1.29, 1.82) is 0 Å². The van der Waals surface area contributed by atoms with E-state index in [0.717, 1.165) is 42.9 Å². The standard InChI is InChI=1S/C19H28N6O/c1-12(2)25-13(3)22-11-16(25)15-7-10-21-18(24-15)23-14-5-8-19(4,9-6-14)17(20)26/h7,10-12,14H,5-6,8-9H2,1-4H3,(H2,20,26)(H,21,23,24). The van der Waals surface area contributed by atoms with E-state index in [-0.39, 0.29) is 17.4 Å². The molecule has 1 fully saturated rings. The van der Waals surface area contributed by atoms with E-state index in [4.69, 9.17) is 10.7 Å². The molecule has 1 aliphatic carbocycles. The van der Waals surface area contributed by atoms with E-state index in [1.807, 2.05) is 26.1 Å². The summed E-state index contributed by atoms with van der Waals surface area (Å²) < 4.78 is 2.17. The van der Waals surface area contributed by atoms with E-state index < -0.39 is 0 Å². The summed E-state index contributed by atoms with van der Waals surface area (Å²) in [6.45, 7) is 8.23. The molecule has 0 aliphatic heterocycles. The Morgan fingerprint density at radius 3 is 2.65 bits per heavy atom. The van der Waals surface area contributed by atoms with Gasteiger partial charge in [0.1, 0.15) is 5.82 Å². The van der Waals surface area contributed by atoms with Crippen LogP contribution in [0.25, 0.3) is 11.4 Å². The maximum absolute atomic E-state index is 11.6. The third kappa shape index (κ3) is 3.57. The maximum Gasteiger partial charge on any atom is 0.223 e. The van der Waals surface area contributed by atoms with Crippen molar-refractivity contribution >= 4 is 11.9 Å². The summed E-state index contributed by atoms with van der Waals surface area (Å²) in [5, 5.41) is 3.42. The molecule has 0 unspecified atom stereocenters. The summed E-state index contributed by atoms with van der Waals surface area (Å²) in [6, 6.07) is 2.48. The van der Waals surface area contributed by atoms with Gasteiger partial charge in [0.2, 0.25) is 11.9 Å². The topological polar surface area (TPSA) is 98.7 Å². The summed E-state index contributed by atoms with van der Waals surface area (Å²) in [4.78, 5) is 25.1. The van der Waals surface area contributed by atoms with Crippen molar-refractivity contribution in [2.75, 3.05) is 5.32 Å². The smallest absolute Gasteiger partial charge is 0.223 e. The summed E-state index contributed by atoms with van der Waals surface area (Å²) in [7, 11) is 0. The number of nitrogens with one attached hydrogen (secondary N) is 1. The van der Waals surface area contributed by atoms with Crippen LogP contribution in [0.15, 0.2) is 18.5 Å². The third-order valence-corrected chi connectivity index (χ3v) is 5.43. The van der Waals surface area contributed by atoms with Gasteiger partial charge in [-0.15, -0.1) is 0 Å². The molecule has 140 valence electrons. The summed E-state index contributed by atoms with van der Waals surface area (Å²) >= 11 is 0. The molecule has 0 atom stereocenters. The molecule has 3 N–H and O–H groups in total. The minimum Gasteiger partial charge on any atom is -0.369 e. The first-order chi connectivity index (χ1) is 12.3. The van der Waals surface area contributed by atoms with Gasteiger partial charge in [-0.25, -0.2) is 15.0 Å². The van der Waals surface area contributed by atoms with Gasteiger partial charge >= 0.3 is 0 Å². The normalized spacial score (nSPS) is 23.2. The Morgan fingerprint density at radius 1 is 1.35 bits per heavy atom. The first kappa shape index (κ1) is 18.4. The number of imidazole rings is 1. The van der Waals surface area contributed by atoms with Gasteiger partial charge in [-0.3, -0.25) is 4.79 Å². The van der Waals surface area contributed by atoms with Crippen LogP contribution in [0, 0.1) is 12.3 Å². The van der Waals surface area contributed by atoms with Crippen LogP contribution < -0.4 is 11.1 Å². The summed E-state index contributed by atoms with van der Waals surface area (Å²) in [5.74, 6) is 1.39. The van der Waals surface area contributed by atoms with Gasteiger partial charge in [-0.2, -0.15) is 0 Å². The molecule has 1 amide bonds. The highest BCUT2D eigenvalue weighted by Crippen LogP contribution is 2.36. The van der Waals surface area contributed by atoms with Gasteiger partial charge in [0, 0.05) is 23.7 Å². The zero-order valence-corrected chi connectivity index (χ0v) is 16.0. The Labute approximate surface area is 154 Å². The molecule has 7 heteroatoms. The van der Waals surface area contributed by atoms with Crippen molar-refractivity contribution in [3.63, 3.8) is 0 Å². The lowest BCUT2D eigenvalue weighted by Crippen LogP contribution is -2.40. The highest BCUT2D eigenvalue weighted by Gasteiger charge is 2.36. The predicted molar refractivity (Wildman–Crippen MR) is 102 cm³/mol. The number of anilines is 1. The van der Waals surface area contributed by atoms with Crippen molar-refractivity contribution < 1.29 is 4.79 Å². The number of primary amides is 1. The number of nitrogens with zero attached hydrogens (tertiary/aromatic N) is 4. The second kappa shape index (κ2) is 7.05. The monoisotopic (exact) mass is 356 g/mol. The van der Waals surface area contributed by atoms with Crippen molar-refractivity contribution in [1.82, 2.24) is 19.5 Å². The third-order valence-electron chi connectivity index (χ3n) is 5.43. The van der Waals surface area contributed by atoms with Crippen LogP contribution in [0.1, 0.15) is 58.3 Å². The van der Waals surface area contributed by atoms with Crippen LogP contribution in [0.3, 0.4) is 0 Å². The van der Waals surface area contributed by atoms with Gasteiger partial charge in [0.15, 0.2) is 0 Å². The first-order valence-electron chi connectivity index (χ1n) is 9.24. The molecule has 0 saturated heterocycles. The number of rotatable bonds is 5. The average molecular weight is 356 g/mol. The van der Waals surface area contributed by atoms with Crippen LogP contribution in [-0.4, -0.2) is 31.5 Å². The number of hydrogen-bond acceptors (Lipinski definition) is 5. The number of nitrogens with two attached hydrogens (primary N) is 1. The fourth-order valence-corrected chi connectivity index (χ4v) is 3.69. The molecule has 2 heterocycles. The number of carbonyl (C=O) groups is 1. The van der Waals surface area contributed by atoms with Gasteiger partial charge in [0.25, 0.3) is 0 Å². The largest absolute Gasteiger partial charge is 0.369 e. The first-order valence-corrected chi connectivity index (χ1v) is 9.24. The van der Waals surface area contributed by atoms with E-state index in [1.165, 1.54) is 0 Å². The summed E-state index contributed by atoms with van der Waals surface area (Å²) in [5.41, 5.74) is 6.99. The average Bonchev–Trinajstić information content (AvgIpc) is 2.99. The molecule has 2 aromatic rings. The molecule has 0 bridgehead atoms. The second-order valence-corrected chi connectivity index (χ2v) is 7.76. The minimum absolute atomic E-state index is 0.202. The van der Waals surface area contributed by atoms with Gasteiger partial charge in [-0.05, 0) is 52.5 Å². The Morgan fingerprint density at radius 2 is 2.04 bits per heavy atom. The lowest BCUT2D eigenvalue weighted by atomic mass is 9.73. The number of aromatic nitrogens is 4. The second-order valence-electron chi connectivity index (χ2n) is 7.76. The Balaban J connectivity index is 1.74. The lowest BCUT2D eigenvalue weighted by Gasteiger charge is -2.35. The molecule has 0 aromatic carbocycles.